The van der Waals surface area contributed by atoms with Crippen molar-refractivity contribution in [1.29, 1.82) is 0 Å². The van der Waals surface area contributed by atoms with E-state index in [1.807, 2.05) is 20.8 Å². The quantitative estimate of drug-likeness (QED) is 0.0741. The highest BCUT2D eigenvalue weighted by Crippen LogP contribution is 2.48. The van der Waals surface area contributed by atoms with Crippen molar-refractivity contribution in [2.24, 2.45) is 21.7 Å². The summed E-state index contributed by atoms with van der Waals surface area (Å²) in [6.45, 7) is 22.1. The first-order chi connectivity index (χ1) is 27.2. The summed E-state index contributed by atoms with van der Waals surface area (Å²) >= 11 is 0. The number of esters is 7. The fourth-order valence-electron chi connectivity index (χ4n) is 6.26. The predicted molar refractivity (Wildman–Crippen MR) is 206 cm³/mol. The Morgan fingerprint density at radius 3 is 1.16 bits per heavy atom. The summed E-state index contributed by atoms with van der Waals surface area (Å²) in [5, 5.41) is 2.85. The van der Waals surface area contributed by atoms with Crippen LogP contribution in [-0.4, -0.2) is 107 Å². The van der Waals surface area contributed by atoms with Crippen molar-refractivity contribution in [1.82, 2.24) is 5.32 Å². The van der Waals surface area contributed by atoms with E-state index < -0.39 is 123 Å². The third kappa shape index (κ3) is 18.8. The maximum Gasteiger partial charge on any atom is 0.407 e. The van der Waals surface area contributed by atoms with Gasteiger partial charge in [-0.3, -0.25) is 4.79 Å². The predicted octanol–water partition coefficient (Wildman–Crippen LogP) is 3.97. The van der Waals surface area contributed by atoms with Gasteiger partial charge in [-0.05, 0) is 36.5 Å². The molecule has 1 amide bonds. The minimum Gasteiger partial charge on any atom is -0.465 e. The second-order valence-corrected chi connectivity index (χ2v) is 15.0. The minimum atomic E-state index is -1.53. The van der Waals surface area contributed by atoms with Gasteiger partial charge in [-0.25, -0.2) is 33.6 Å². The summed E-state index contributed by atoms with van der Waals surface area (Å²) in [5.74, 6) is -5.61. The van der Waals surface area contributed by atoms with Crippen LogP contribution in [-0.2, 0) is 71.5 Å². The van der Waals surface area contributed by atoms with E-state index in [0.717, 1.165) is 36.5 Å². The van der Waals surface area contributed by atoms with Gasteiger partial charge in [0.15, 0.2) is 0 Å². The summed E-state index contributed by atoms with van der Waals surface area (Å²) < 4.78 is 42.2. The Kier molecular flexibility index (Phi) is 20.6. The molecular weight excluding hydrogens is 762 g/mol. The fraction of sp³-hybridized carbons (Fsp3) is 0.512. The lowest BCUT2D eigenvalue weighted by Gasteiger charge is -2.47. The molecule has 17 nitrogen and oxygen atoms in total. The minimum absolute atomic E-state index is 0.0794. The molecule has 0 saturated heterocycles. The van der Waals surface area contributed by atoms with Crippen molar-refractivity contribution in [2.75, 3.05) is 52.9 Å². The van der Waals surface area contributed by atoms with Crippen LogP contribution in [0.1, 0.15) is 52.9 Å². The monoisotopic (exact) mass is 817 g/mol. The highest BCUT2D eigenvalue weighted by atomic mass is 16.6. The number of rotatable bonds is 26. The van der Waals surface area contributed by atoms with Crippen LogP contribution in [0.25, 0.3) is 0 Å². The largest absolute Gasteiger partial charge is 0.465 e. The molecule has 0 aliphatic heterocycles. The standard InChI is InChI=1S/C41H55NO16/c1-10-30(43)51-21-40(22-52-31(44)11-2,23-53-32(45)12-3)27-57-36(49)16-17-39(9)19-29(18-38(7,8)20-39)42-37(50)58-28-41(24-54-33(46)13-4,25-55-34(47)14-5)26-56-35(48)15-6/h10-15,29H,1-6,16-28H2,7-9H3,(H,42,50). The van der Waals surface area contributed by atoms with E-state index in [1.54, 1.807) is 0 Å². The summed E-state index contributed by atoms with van der Waals surface area (Å²) in [7, 11) is 0. The Labute approximate surface area is 338 Å². The molecule has 58 heavy (non-hydrogen) atoms. The van der Waals surface area contributed by atoms with Crippen molar-refractivity contribution in [3.8, 4) is 0 Å². The van der Waals surface area contributed by atoms with Crippen LogP contribution in [0.4, 0.5) is 4.79 Å². The molecule has 0 radical (unpaired) electrons. The molecule has 2 unspecified atom stereocenters. The number of alkyl carbamates (subject to hydrolysis) is 1. The zero-order valence-corrected chi connectivity index (χ0v) is 33.5. The van der Waals surface area contributed by atoms with E-state index in [-0.39, 0.29) is 11.8 Å². The molecule has 1 aliphatic carbocycles. The van der Waals surface area contributed by atoms with Gasteiger partial charge in [0.2, 0.25) is 0 Å². The first-order valence-corrected chi connectivity index (χ1v) is 18.1. The Bertz CT molecular complexity index is 1460. The number of hydrogen-bond acceptors (Lipinski definition) is 16. The van der Waals surface area contributed by atoms with E-state index in [0.29, 0.717) is 25.7 Å². The first kappa shape index (κ1) is 50.0. The smallest absolute Gasteiger partial charge is 0.407 e. The Balaban J connectivity index is 3.13. The number of hydrogen-bond donors (Lipinski definition) is 1. The zero-order chi connectivity index (χ0) is 44.0. The average molecular weight is 818 g/mol. The van der Waals surface area contributed by atoms with Crippen molar-refractivity contribution in [2.45, 2.75) is 58.9 Å². The lowest BCUT2D eigenvalue weighted by molar-refractivity contribution is -0.167. The van der Waals surface area contributed by atoms with Crippen molar-refractivity contribution < 1.29 is 76.3 Å². The first-order valence-electron chi connectivity index (χ1n) is 18.1. The van der Waals surface area contributed by atoms with Gasteiger partial charge in [0.25, 0.3) is 0 Å². The number of nitrogens with one attached hydrogen (secondary N) is 1. The Hall–Kier alpha value is -6.00. The third-order valence-electron chi connectivity index (χ3n) is 8.87. The third-order valence-corrected chi connectivity index (χ3v) is 8.87. The van der Waals surface area contributed by atoms with Gasteiger partial charge >= 0.3 is 47.9 Å². The second kappa shape index (κ2) is 23.9. The van der Waals surface area contributed by atoms with E-state index in [4.69, 9.17) is 37.9 Å². The normalized spacial score (nSPS) is 17.0. The van der Waals surface area contributed by atoms with Crippen LogP contribution in [0, 0.1) is 21.7 Å². The molecule has 0 aromatic heterocycles. The topological polar surface area (TPSA) is 222 Å². The Morgan fingerprint density at radius 1 is 0.517 bits per heavy atom. The van der Waals surface area contributed by atoms with Gasteiger partial charge in [0, 0.05) is 48.9 Å². The molecule has 0 aromatic carbocycles. The molecule has 0 heterocycles. The molecule has 0 bridgehead atoms. The number of carbonyl (C=O) groups is 8. The molecular formula is C41H55NO16. The van der Waals surface area contributed by atoms with Gasteiger partial charge in [-0.15, -0.1) is 0 Å². The van der Waals surface area contributed by atoms with Crippen LogP contribution in [0.5, 0.6) is 0 Å². The van der Waals surface area contributed by atoms with Gasteiger partial charge in [-0.1, -0.05) is 60.2 Å². The molecule has 1 rings (SSSR count). The molecule has 320 valence electrons. The van der Waals surface area contributed by atoms with Crippen LogP contribution in [0.15, 0.2) is 75.9 Å². The van der Waals surface area contributed by atoms with Gasteiger partial charge in [0.1, 0.15) is 63.7 Å². The van der Waals surface area contributed by atoms with Crippen molar-refractivity contribution in [3.05, 3.63) is 75.9 Å². The zero-order valence-electron chi connectivity index (χ0n) is 33.5. The molecule has 1 aliphatic rings. The maximum atomic E-state index is 13.3. The van der Waals surface area contributed by atoms with E-state index in [9.17, 15) is 38.4 Å². The summed E-state index contributed by atoms with van der Waals surface area (Å²) in [6.07, 6.45) is 6.41. The lowest BCUT2D eigenvalue weighted by atomic mass is 9.61. The lowest BCUT2D eigenvalue weighted by Crippen LogP contribution is -2.49. The Morgan fingerprint density at radius 2 is 0.828 bits per heavy atom. The molecule has 1 N–H and O–H groups in total. The molecule has 0 aromatic rings. The van der Waals surface area contributed by atoms with Crippen molar-refractivity contribution in [3.63, 3.8) is 0 Å². The van der Waals surface area contributed by atoms with Gasteiger partial charge in [-0.2, -0.15) is 0 Å². The molecule has 1 fully saturated rings. The maximum absolute atomic E-state index is 13.3. The highest BCUT2D eigenvalue weighted by Gasteiger charge is 2.43. The van der Waals surface area contributed by atoms with Gasteiger partial charge in [0.05, 0.1) is 0 Å². The van der Waals surface area contributed by atoms with Crippen LogP contribution in [0.3, 0.4) is 0 Å². The summed E-state index contributed by atoms with van der Waals surface area (Å²) in [6, 6.07) is -0.436. The molecule has 17 heteroatoms. The molecule has 0 spiro atoms. The highest BCUT2D eigenvalue weighted by molar-refractivity contribution is 5.83. The number of carbonyl (C=O) groups excluding carboxylic acids is 8. The van der Waals surface area contributed by atoms with Crippen LogP contribution >= 0.6 is 0 Å². The van der Waals surface area contributed by atoms with E-state index in [2.05, 4.69) is 44.8 Å². The SMILES string of the molecule is C=CC(=O)OCC(COC(=O)C=C)(COC(=O)C=C)COC(=O)CCC1(C)CC(NC(=O)OCC(COC(=O)C=C)(COC(=O)C=C)COC(=O)C=C)CC(C)(C)C1. The number of ether oxygens (including phenoxy) is 8. The summed E-state index contributed by atoms with van der Waals surface area (Å²) in [5.41, 5.74) is -3.85. The fourth-order valence-corrected chi connectivity index (χ4v) is 6.26. The number of amides is 1. The van der Waals surface area contributed by atoms with E-state index in [1.165, 1.54) is 0 Å². The molecule has 1 saturated carbocycles. The summed E-state index contributed by atoms with van der Waals surface area (Å²) in [4.78, 5) is 98.0. The van der Waals surface area contributed by atoms with Crippen LogP contribution < -0.4 is 5.32 Å². The molecule has 2 atom stereocenters. The van der Waals surface area contributed by atoms with Crippen LogP contribution in [0.2, 0.25) is 0 Å². The van der Waals surface area contributed by atoms with Gasteiger partial charge < -0.3 is 43.2 Å². The second-order valence-electron chi connectivity index (χ2n) is 15.0. The van der Waals surface area contributed by atoms with Crippen molar-refractivity contribution >= 4 is 47.9 Å². The average Bonchev–Trinajstić information content (AvgIpc) is 3.19. The van der Waals surface area contributed by atoms with E-state index >= 15 is 0 Å².